The van der Waals surface area contributed by atoms with Crippen LogP contribution in [0.25, 0.3) is 0 Å². The Morgan fingerprint density at radius 3 is 2.43 bits per heavy atom. The van der Waals surface area contributed by atoms with Gasteiger partial charge in [-0.25, -0.2) is 0 Å². The molecule has 30 heavy (non-hydrogen) atoms. The summed E-state index contributed by atoms with van der Waals surface area (Å²) in [5, 5.41) is 7.80. The molecule has 0 bridgehead atoms. The van der Waals surface area contributed by atoms with Crippen molar-refractivity contribution in [3.05, 3.63) is 48.3 Å². The molecule has 9 nitrogen and oxygen atoms in total. The molecule has 0 unspecified atom stereocenters. The molecule has 0 radical (unpaired) electrons. The summed E-state index contributed by atoms with van der Waals surface area (Å²) in [6.07, 6.45) is 3.24. The summed E-state index contributed by atoms with van der Waals surface area (Å²) in [6, 6.07) is 8.26. The Kier molecular flexibility index (Phi) is 9.11. The number of nitrogens with zero attached hydrogens (tertiary/aromatic N) is 1. The maximum absolute atomic E-state index is 12.3. The van der Waals surface area contributed by atoms with E-state index < -0.39 is 11.8 Å². The standard InChI is InChI=1S/C21H26N4O5/c1-3-29-17-8-7-15(12-18(17)30-4-2)21(28)24-14-20(27)23-11-9-19(26)25-16-6-5-10-22-13-16/h5-8,10,12-13H,3-4,9,11,14H2,1-2H3,(H,23,27)(H,24,28)(H,25,26). The monoisotopic (exact) mass is 414 g/mol. The van der Waals surface area contributed by atoms with Gasteiger partial charge < -0.3 is 25.4 Å². The van der Waals surface area contributed by atoms with Gasteiger partial charge in [-0.05, 0) is 44.2 Å². The molecule has 0 aliphatic carbocycles. The van der Waals surface area contributed by atoms with Crippen molar-refractivity contribution < 1.29 is 23.9 Å². The molecule has 3 amide bonds. The molecule has 1 aromatic carbocycles. The number of hydrogen-bond acceptors (Lipinski definition) is 6. The first kappa shape index (κ1) is 22.7. The van der Waals surface area contributed by atoms with E-state index in [0.29, 0.717) is 36.0 Å². The van der Waals surface area contributed by atoms with Gasteiger partial charge in [-0.2, -0.15) is 0 Å². The summed E-state index contributed by atoms with van der Waals surface area (Å²) >= 11 is 0. The van der Waals surface area contributed by atoms with Crippen LogP contribution in [0, 0.1) is 0 Å². The van der Waals surface area contributed by atoms with Gasteiger partial charge in [0.25, 0.3) is 5.91 Å². The second kappa shape index (κ2) is 12.1. The Morgan fingerprint density at radius 2 is 1.73 bits per heavy atom. The Morgan fingerprint density at radius 1 is 0.967 bits per heavy atom. The number of pyridine rings is 1. The van der Waals surface area contributed by atoms with Crippen molar-refractivity contribution >= 4 is 23.4 Å². The Labute approximate surface area is 175 Å². The highest BCUT2D eigenvalue weighted by molar-refractivity contribution is 5.97. The van der Waals surface area contributed by atoms with Crippen molar-refractivity contribution in [2.45, 2.75) is 20.3 Å². The predicted molar refractivity (Wildman–Crippen MR) is 112 cm³/mol. The number of aromatic nitrogens is 1. The van der Waals surface area contributed by atoms with Crippen molar-refractivity contribution in [2.75, 3.05) is 31.6 Å². The van der Waals surface area contributed by atoms with Crippen LogP contribution in [0.1, 0.15) is 30.6 Å². The van der Waals surface area contributed by atoms with Gasteiger partial charge in [0, 0.05) is 24.7 Å². The molecule has 1 heterocycles. The fraction of sp³-hybridized carbons (Fsp3) is 0.333. The molecule has 0 saturated heterocycles. The summed E-state index contributed by atoms with van der Waals surface area (Å²) in [7, 11) is 0. The number of anilines is 1. The quantitative estimate of drug-likeness (QED) is 0.516. The Bertz CT molecular complexity index is 858. The largest absolute Gasteiger partial charge is 0.490 e. The van der Waals surface area contributed by atoms with Crippen molar-refractivity contribution in [3.63, 3.8) is 0 Å². The van der Waals surface area contributed by atoms with Crippen LogP contribution >= 0.6 is 0 Å². The Hall–Kier alpha value is -3.62. The van der Waals surface area contributed by atoms with E-state index in [4.69, 9.17) is 9.47 Å². The average molecular weight is 414 g/mol. The molecule has 3 N–H and O–H groups in total. The van der Waals surface area contributed by atoms with Crippen LogP contribution in [0.5, 0.6) is 11.5 Å². The number of nitrogens with one attached hydrogen (secondary N) is 3. The van der Waals surface area contributed by atoms with E-state index in [-0.39, 0.29) is 25.4 Å². The predicted octanol–water partition coefficient (Wildman–Crippen LogP) is 1.75. The molecule has 0 fully saturated rings. The van der Waals surface area contributed by atoms with Crippen LogP contribution in [0.3, 0.4) is 0 Å². The maximum Gasteiger partial charge on any atom is 0.251 e. The van der Waals surface area contributed by atoms with Crippen LogP contribution in [-0.4, -0.2) is 49.0 Å². The van der Waals surface area contributed by atoms with Crippen molar-refractivity contribution in [1.82, 2.24) is 15.6 Å². The summed E-state index contributed by atoms with van der Waals surface area (Å²) in [5.74, 6) is -0.0311. The van der Waals surface area contributed by atoms with Crippen LogP contribution in [-0.2, 0) is 9.59 Å². The number of carbonyl (C=O) groups excluding carboxylic acids is 3. The number of carbonyl (C=O) groups is 3. The first-order chi connectivity index (χ1) is 14.5. The van der Waals surface area contributed by atoms with Gasteiger partial charge in [-0.15, -0.1) is 0 Å². The van der Waals surface area contributed by atoms with Gasteiger partial charge in [0.1, 0.15) is 0 Å². The lowest BCUT2D eigenvalue weighted by atomic mass is 10.2. The molecule has 9 heteroatoms. The van der Waals surface area contributed by atoms with E-state index >= 15 is 0 Å². The van der Waals surface area contributed by atoms with Gasteiger partial charge in [-0.3, -0.25) is 19.4 Å². The van der Waals surface area contributed by atoms with Gasteiger partial charge in [-0.1, -0.05) is 0 Å². The summed E-state index contributed by atoms with van der Waals surface area (Å²) < 4.78 is 11.0. The van der Waals surface area contributed by atoms with Gasteiger partial charge >= 0.3 is 0 Å². The molecule has 0 aliphatic rings. The first-order valence-corrected chi connectivity index (χ1v) is 9.67. The minimum absolute atomic E-state index is 0.102. The molecule has 0 atom stereocenters. The molecule has 2 aromatic rings. The Balaban J connectivity index is 1.75. The van der Waals surface area contributed by atoms with Gasteiger partial charge in [0.05, 0.1) is 31.6 Å². The molecule has 1 aromatic heterocycles. The number of ether oxygens (including phenoxy) is 2. The van der Waals surface area contributed by atoms with Gasteiger partial charge in [0.15, 0.2) is 11.5 Å². The van der Waals surface area contributed by atoms with Crippen molar-refractivity contribution in [1.29, 1.82) is 0 Å². The molecule has 2 rings (SSSR count). The van der Waals surface area contributed by atoms with Crippen LogP contribution < -0.4 is 25.4 Å². The van der Waals surface area contributed by atoms with Crippen molar-refractivity contribution in [3.8, 4) is 11.5 Å². The van der Waals surface area contributed by atoms with E-state index in [1.807, 2.05) is 13.8 Å². The molecule has 0 aliphatic heterocycles. The topological polar surface area (TPSA) is 119 Å². The SMILES string of the molecule is CCOc1ccc(C(=O)NCC(=O)NCCC(=O)Nc2cccnc2)cc1OCC. The summed E-state index contributed by atoms with van der Waals surface area (Å²) in [6.45, 7) is 4.55. The van der Waals surface area contributed by atoms with Gasteiger partial charge in [0.2, 0.25) is 11.8 Å². The number of rotatable bonds is 11. The van der Waals surface area contributed by atoms with Crippen molar-refractivity contribution in [2.24, 2.45) is 0 Å². The highest BCUT2D eigenvalue weighted by Gasteiger charge is 2.13. The van der Waals surface area contributed by atoms with E-state index in [2.05, 4.69) is 20.9 Å². The molecule has 0 spiro atoms. The first-order valence-electron chi connectivity index (χ1n) is 9.67. The third kappa shape index (κ3) is 7.42. The van der Waals surface area contributed by atoms with E-state index in [1.54, 1.807) is 36.5 Å². The average Bonchev–Trinajstić information content (AvgIpc) is 2.74. The number of hydrogen-bond donors (Lipinski definition) is 3. The lowest BCUT2D eigenvalue weighted by Gasteiger charge is -2.12. The molecular weight excluding hydrogens is 388 g/mol. The number of amides is 3. The van der Waals surface area contributed by atoms with Crippen LogP contribution in [0.4, 0.5) is 5.69 Å². The lowest BCUT2D eigenvalue weighted by molar-refractivity contribution is -0.120. The minimum Gasteiger partial charge on any atom is -0.490 e. The fourth-order valence-electron chi connectivity index (χ4n) is 2.49. The molecule has 0 saturated carbocycles. The maximum atomic E-state index is 12.3. The highest BCUT2D eigenvalue weighted by Crippen LogP contribution is 2.28. The van der Waals surface area contributed by atoms with E-state index in [9.17, 15) is 14.4 Å². The molecular formula is C21H26N4O5. The van der Waals surface area contributed by atoms with Crippen LogP contribution in [0.2, 0.25) is 0 Å². The fourth-order valence-corrected chi connectivity index (χ4v) is 2.49. The third-order valence-electron chi connectivity index (χ3n) is 3.83. The van der Waals surface area contributed by atoms with E-state index in [0.717, 1.165) is 0 Å². The zero-order valence-electron chi connectivity index (χ0n) is 17.1. The zero-order chi connectivity index (χ0) is 21.8. The zero-order valence-corrected chi connectivity index (χ0v) is 17.1. The summed E-state index contributed by atoms with van der Waals surface area (Å²) in [4.78, 5) is 39.9. The number of benzene rings is 1. The second-order valence-electron chi connectivity index (χ2n) is 6.10. The molecule has 160 valence electrons. The lowest BCUT2D eigenvalue weighted by Crippen LogP contribution is -2.38. The van der Waals surface area contributed by atoms with E-state index in [1.165, 1.54) is 6.20 Å². The highest BCUT2D eigenvalue weighted by atomic mass is 16.5. The normalized spacial score (nSPS) is 10.1. The smallest absolute Gasteiger partial charge is 0.251 e. The minimum atomic E-state index is -0.413. The van der Waals surface area contributed by atoms with Crippen LogP contribution in [0.15, 0.2) is 42.7 Å². The second-order valence-corrected chi connectivity index (χ2v) is 6.10. The third-order valence-corrected chi connectivity index (χ3v) is 3.83. The summed E-state index contributed by atoms with van der Waals surface area (Å²) in [5.41, 5.74) is 0.938.